The quantitative estimate of drug-likeness (QED) is 0.587. The van der Waals surface area contributed by atoms with Gasteiger partial charge in [0.2, 0.25) is 5.91 Å². The summed E-state index contributed by atoms with van der Waals surface area (Å²) in [4.78, 5) is 21.9. The van der Waals surface area contributed by atoms with Crippen LogP contribution in [-0.4, -0.2) is 38.1 Å². The van der Waals surface area contributed by atoms with Gasteiger partial charge in [-0.25, -0.2) is 0 Å². The summed E-state index contributed by atoms with van der Waals surface area (Å²) in [6.45, 7) is 2.99. The molecular weight excluding hydrogens is 184 g/mol. The van der Waals surface area contributed by atoms with Crippen molar-refractivity contribution in [3.8, 4) is 0 Å². The third kappa shape index (κ3) is 2.99. The highest BCUT2D eigenvalue weighted by Gasteiger charge is 2.22. The van der Waals surface area contributed by atoms with Crippen molar-refractivity contribution in [3.63, 3.8) is 0 Å². The zero-order valence-electron chi connectivity index (χ0n) is 8.50. The number of esters is 1. The van der Waals surface area contributed by atoms with Gasteiger partial charge in [0.1, 0.15) is 0 Å². The van der Waals surface area contributed by atoms with Crippen molar-refractivity contribution < 1.29 is 14.3 Å². The van der Waals surface area contributed by atoms with E-state index in [0.29, 0.717) is 19.5 Å². The van der Waals surface area contributed by atoms with Crippen LogP contribution in [0, 0.1) is 5.92 Å². The van der Waals surface area contributed by atoms with E-state index < -0.39 is 0 Å². The molecule has 80 valence electrons. The molecule has 5 nitrogen and oxygen atoms in total. The molecule has 1 amide bonds. The SMILES string of the molecule is COC(=O)C(C)CNC1CNC(=O)C1. The summed E-state index contributed by atoms with van der Waals surface area (Å²) in [7, 11) is 1.37. The Morgan fingerprint density at radius 3 is 3.00 bits per heavy atom. The van der Waals surface area contributed by atoms with Gasteiger partial charge >= 0.3 is 5.97 Å². The minimum absolute atomic E-state index is 0.0632. The standard InChI is InChI=1S/C9H16N2O3/c1-6(9(13)14-2)4-10-7-3-8(12)11-5-7/h6-7,10H,3-5H2,1-2H3,(H,11,12). The van der Waals surface area contributed by atoms with Gasteiger partial charge in [0, 0.05) is 25.6 Å². The molecule has 0 aromatic rings. The number of carbonyl (C=O) groups is 2. The maximum absolute atomic E-state index is 11.0. The van der Waals surface area contributed by atoms with E-state index in [-0.39, 0.29) is 23.8 Å². The van der Waals surface area contributed by atoms with E-state index in [2.05, 4.69) is 15.4 Å². The fourth-order valence-electron chi connectivity index (χ4n) is 1.38. The molecule has 2 unspecified atom stereocenters. The topological polar surface area (TPSA) is 67.4 Å². The van der Waals surface area contributed by atoms with E-state index in [9.17, 15) is 9.59 Å². The van der Waals surface area contributed by atoms with Gasteiger partial charge in [-0.05, 0) is 0 Å². The maximum Gasteiger partial charge on any atom is 0.309 e. The minimum Gasteiger partial charge on any atom is -0.469 e. The largest absolute Gasteiger partial charge is 0.469 e. The summed E-state index contributed by atoms with van der Waals surface area (Å²) in [5, 5.41) is 5.86. The lowest BCUT2D eigenvalue weighted by Crippen LogP contribution is -2.36. The molecule has 0 aromatic carbocycles. The number of rotatable bonds is 4. The van der Waals surface area contributed by atoms with Crippen molar-refractivity contribution in [2.75, 3.05) is 20.2 Å². The first-order valence-electron chi connectivity index (χ1n) is 4.71. The second kappa shape index (κ2) is 4.95. The Morgan fingerprint density at radius 1 is 1.79 bits per heavy atom. The Kier molecular flexibility index (Phi) is 3.88. The molecule has 0 aliphatic carbocycles. The number of hydrogen-bond donors (Lipinski definition) is 2. The lowest BCUT2D eigenvalue weighted by molar-refractivity contribution is -0.144. The van der Waals surface area contributed by atoms with Crippen LogP contribution < -0.4 is 10.6 Å². The molecule has 14 heavy (non-hydrogen) atoms. The molecule has 0 radical (unpaired) electrons. The monoisotopic (exact) mass is 200 g/mol. The first-order valence-corrected chi connectivity index (χ1v) is 4.71. The molecule has 0 aromatic heterocycles. The molecule has 2 N–H and O–H groups in total. The van der Waals surface area contributed by atoms with Crippen molar-refractivity contribution >= 4 is 11.9 Å². The van der Waals surface area contributed by atoms with Crippen LogP contribution in [-0.2, 0) is 14.3 Å². The predicted octanol–water partition coefficient (Wildman–Crippen LogP) is -0.726. The number of methoxy groups -OCH3 is 1. The van der Waals surface area contributed by atoms with Crippen LogP contribution >= 0.6 is 0 Å². The summed E-state index contributed by atoms with van der Waals surface area (Å²) in [5.41, 5.74) is 0. The molecule has 1 aliphatic rings. The van der Waals surface area contributed by atoms with E-state index in [1.807, 2.05) is 0 Å². The number of carbonyl (C=O) groups excluding carboxylic acids is 2. The van der Waals surface area contributed by atoms with E-state index in [4.69, 9.17) is 0 Å². The number of amides is 1. The molecule has 0 bridgehead atoms. The second-order valence-electron chi connectivity index (χ2n) is 3.54. The highest BCUT2D eigenvalue weighted by atomic mass is 16.5. The molecule has 1 rings (SSSR count). The van der Waals surface area contributed by atoms with Crippen LogP contribution in [0.1, 0.15) is 13.3 Å². The average molecular weight is 200 g/mol. The molecule has 2 atom stereocenters. The van der Waals surface area contributed by atoms with Crippen molar-refractivity contribution in [3.05, 3.63) is 0 Å². The average Bonchev–Trinajstić information content (AvgIpc) is 2.59. The highest BCUT2D eigenvalue weighted by molar-refractivity contribution is 5.79. The number of ether oxygens (including phenoxy) is 1. The van der Waals surface area contributed by atoms with Gasteiger partial charge < -0.3 is 15.4 Å². The van der Waals surface area contributed by atoms with E-state index >= 15 is 0 Å². The van der Waals surface area contributed by atoms with Crippen LogP contribution in [0.4, 0.5) is 0 Å². The number of hydrogen-bond acceptors (Lipinski definition) is 4. The second-order valence-corrected chi connectivity index (χ2v) is 3.54. The van der Waals surface area contributed by atoms with Gasteiger partial charge in [-0.3, -0.25) is 9.59 Å². The van der Waals surface area contributed by atoms with Crippen molar-refractivity contribution in [2.24, 2.45) is 5.92 Å². The van der Waals surface area contributed by atoms with Crippen LogP contribution in [0.2, 0.25) is 0 Å². The van der Waals surface area contributed by atoms with Gasteiger partial charge in [0.15, 0.2) is 0 Å². The molecular formula is C9H16N2O3. The Balaban J connectivity index is 2.20. The molecule has 0 saturated carbocycles. The van der Waals surface area contributed by atoms with E-state index in [1.54, 1.807) is 6.92 Å². The lowest BCUT2D eigenvalue weighted by atomic mass is 10.1. The third-order valence-electron chi connectivity index (χ3n) is 2.29. The molecule has 1 fully saturated rings. The predicted molar refractivity (Wildman–Crippen MR) is 50.6 cm³/mol. The molecule has 1 heterocycles. The zero-order chi connectivity index (χ0) is 10.6. The van der Waals surface area contributed by atoms with Crippen molar-refractivity contribution in [1.29, 1.82) is 0 Å². The number of nitrogens with one attached hydrogen (secondary N) is 2. The molecule has 1 saturated heterocycles. The van der Waals surface area contributed by atoms with Crippen LogP contribution in [0.3, 0.4) is 0 Å². The minimum atomic E-state index is -0.227. The molecule has 1 aliphatic heterocycles. The molecule has 0 spiro atoms. The van der Waals surface area contributed by atoms with Crippen LogP contribution in [0.15, 0.2) is 0 Å². The maximum atomic E-state index is 11.0. The van der Waals surface area contributed by atoms with Crippen LogP contribution in [0.5, 0.6) is 0 Å². The first-order chi connectivity index (χ1) is 6.63. The Hall–Kier alpha value is -1.10. The fraction of sp³-hybridized carbons (Fsp3) is 0.778. The summed E-state index contributed by atoms with van der Waals surface area (Å²) >= 11 is 0. The summed E-state index contributed by atoms with van der Waals surface area (Å²) in [5.74, 6) is -0.335. The smallest absolute Gasteiger partial charge is 0.309 e. The summed E-state index contributed by atoms with van der Waals surface area (Å²) in [6.07, 6.45) is 0.494. The highest BCUT2D eigenvalue weighted by Crippen LogP contribution is 2.01. The first kappa shape index (κ1) is 11.0. The van der Waals surface area contributed by atoms with Crippen LogP contribution in [0.25, 0.3) is 0 Å². The van der Waals surface area contributed by atoms with Crippen molar-refractivity contribution in [2.45, 2.75) is 19.4 Å². The zero-order valence-corrected chi connectivity index (χ0v) is 8.50. The summed E-state index contributed by atoms with van der Waals surface area (Å²) in [6, 6.07) is 0.148. The van der Waals surface area contributed by atoms with Gasteiger partial charge in [0.25, 0.3) is 0 Å². The van der Waals surface area contributed by atoms with Gasteiger partial charge in [0.05, 0.1) is 13.0 Å². The van der Waals surface area contributed by atoms with Crippen molar-refractivity contribution in [1.82, 2.24) is 10.6 Å². The molecule has 5 heteroatoms. The normalized spacial score (nSPS) is 23.0. The lowest BCUT2D eigenvalue weighted by Gasteiger charge is -2.13. The van der Waals surface area contributed by atoms with E-state index in [1.165, 1.54) is 7.11 Å². The fourth-order valence-corrected chi connectivity index (χ4v) is 1.38. The van der Waals surface area contributed by atoms with E-state index in [0.717, 1.165) is 0 Å². The summed E-state index contributed by atoms with van der Waals surface area (Å²) < 4.78 is 4.59. The Morgan fingerprint density at radius 2 is 2.50 bits per heavy atom. The Bertz CT molecular complexity index is 230. The van der Waals surface area contributed by atoms with Gasteiger partial charge in [-0.15, -0.1) is 0 Å². The Labute approximate surface area is 83.2 Å². The van der Waals surface area contributed by atoms with Gasteiger partial charge in [-0.2, -0.15) is 0 Å². The third-order valence-corrected chi connectivity index (χ3v) is 2.29. The van der Waals surface area contributed by atoms with Gasteiger partial charge in [-0.1, -0.05) is 6.92 Å².